The Kier molecular flexibility index (Phi) is 7.77. The van der Waals surface area contributed by atoms with Gasteiger partial charge in [-0.05, 0) is 48.7 Å². The maximum atomic E-state index is 13.3. The maximum Gasteiger partial charge on any atom is 0.260 e. The Balaban J connectivity index is 1.81. The van der Waals surface area contributed by atoms with Crippen LogP contribution >= 0.6 is 0 Å². The Bertz CT molecular complexity index is 1200. The van der Waals surface area contributed by atoms with E-state index in [0.29, 0.717) is 35.5 Å². The Labute approximate surface area is 192 Å². The summed E-state index contributed by atoms with van der Waals surface area (Å²) in [5.41, 5.74) is 2.37. The van der Waals surface area contributed by atoms with Crippen LogP contribution in [0.2, 0.25) is 0 Å². The first-order chi connectivity index (χ1) is 15.1. The average Bonchev–Trinajstić information content (AvgIpc) is 3.15. The van der Waals surface area contributed by atoms with Crippen LogP contribution in [0.1, 0.15) is 54.9 Å². The van der Waals surface area contributed by atoms with Crippen molar-refractivity contribution in [2.24, 2.45) is 4.36 Å². The first-order valence-electron chi connectivity index (χ1n) is 11.1. The molecule has 3 rings (SSSR count). The fourth-order valence-electron chi connectivity index (χ4n) is 3.91. The van der Waals surface area contributed by atoms with Gasteiger partial charge in [0.2, 0.25) is 0 Å². The molecule has 0 atom stereocenters. The van der Waals surface area contributed by atoms with Crippen molar-refractivity contribution in [2.75, 3.05) is 29.7 Å². The minimum atomic E-state index is -3.34. The SMILES string of the molecule is CCCCCCCS(=O)(=O)c1ccc2c(c1)CCN2C(=O)c1ccccc1N=S(C)(C)=O. The molecule has 0 bridgehead atoms. The zero-order valence-electron chi connectivity index (χ0n) is 19.0. The van der Waals surface area contributed by atoms with E-state index in [1.807, 2.05) is 0 Å². The molecule has 0 unspecified atom stereocenters. The Morgan fingerprint density at radius 2 is 1.72 bits per heavy atom. The van der Waals surface area contributed by atoms with Crippen LogP contribution in [-0.4, -0.2) is 43.3 Å². The van der Waals surface area contributed by atoms with Crippen molar-refractivity contribution in [3.8, 4) is 0 Å². The number of anilines is 1. The molecule has 0 aromatic heterocycles. The van der Waals surface area contributed by atoms with Gasteiger partial charge in [0.15, 0.2) is 9.84 Å². The number of hydrogen-bond donors (Lipinski definition) is 0. The summed E-state index contributed by atoms with van der Waals surface area (Å²) in [5.74, 6) is -0.0707. The molecule has 8 heteroatoms. The molecule has 0 spiro atoms. The number of rotatable bonds is 9. The highest BCUT2D eigenvalue weighted by Crippen LogP contribution is 2.33. The van der Waals surface area contributed by atoms with Crippen LogP contribution in [0, 0.1) is 0 Å². The number of carbonyl (C=O) groups is 1. The highest BCUT2D eigenvalue weighted by Gasteiger charge is 2.28. The third-order valence-electron chi connectivity index (χ3n) is 5.52. The lowest BCUT2D eigenvalue weighted by Crippen LogP contribution is -2.29. The molecule has 0 N–H and O–H groups in total. The molecule has 1 aliphatic heterocycles. The summed E-state index contributed by atoms with van der Waals surface area (Å²) in [4.78, 5) is 15.3. The molecular weight excluding hydrogens is 444 g/mol. The molecule has 0 aliphatic carbocycles. The predicted molar refractivity (Wildman–Crippen MR) is 131 cm³/mol. The highest BCUT2D eigenvalue weighted by atomic mass is 32.2. The Morgan fingerprint density at radius 3 is 2.44 bits per heavy atom. The lowest BCUT2D eigenvalue weighted by Gasteiger charge is -2.19. The van der Waals surface area contributed by atoms with Crippen LogP contribution in [0.25, 0.3) is 0 Å². The number of fused-ring (bicyclic) bond motifs is 1. The van der Waals surface area contributed by atoms with Gasteiger partial charge in [-0.1, -0.05) is 44.7 Å². The number of sulfone groups is 1. The van der Waals surface area contributed by atoms with Crippen molar-refractivity contribution in [1.29, 1.82) is 0 Å². The van der Waals surface area contributed by atoms with Gasteiger partial charge in [-0.25, -0.2) is 12.6 Å². The molecule has 32 heavy (non-hydrogen) atoms. The summed E-state index contributed by atoms with van der Waals surface area (Å²) in [7, 11) is -5.75. The van der Waals surface area contributed by atoms with Gasteiger partial charge in [-0.2, -0.15) is 4.36 Å². The van der Waals surface area contributed by atoms with Crippen molar-refractivity contribution >= 4 is 36.8 Å². The van der Waals surface area contributed by atoms with Crippen molar-refractivity contribution < 1.29 is 17.4 Å². The number of hydrogen-bond acceptors (Lipinski definition) is 5. The largest absolute Gasteiger partial charge is 0.308 e. The number of carbonyl (C=O) groups excluding carboxylic acids is 1. The molecule has 2 aromatic rings. The van der Waals surface area contributed by atoms with Gasteiger partial charge in [0.1, 0.15) is 0 Å². The number of amides is 1. The number of unbranched alkanes of at least 4 members (excludes halogenated alkanes) is 4. The molecule has 0 saturated heterocycles. The van der Waals surface area contributed by atoms with Crippen LogP contribution in [0.3, 0.4) is 0 Å². The summed E-state index contributed by atoms with van der Waals surface area (Å²) in [6.45, 7) is 2.60. The van der Waals surface area contributed by atoms with Crippen molar-refractivity contribution in [2.45, 2.75) is 50.3 Å². The molecule has 1 amide bonds. The summed E-state index contributed by atoms with van der Waals surface area (Å²) < 4.78 is 41.9. The van der Waals surface area contributed by atoms with E-state index in [4.69, 9.17) is 0 Å². The van der Waals surface area contributed by atoms with Crippen LogP contribution in [0.5, 0.6) is 0 Å². The van der Waals surface area contributed by atoms with Crippen molar-refractivity contribution in [3.05, 3.63) is 53.6 Å². The zero-order valence-corrected chi connectivity index (χ0v) is 20.7. The van der Waals surface area contributed by atoms with Crippen LogP contribution in [-0.2, 0) is 26.0 Å². The summed E-state index contributed by atoms with van der Waals surface area (Å²) in [6, 6.07) is 11.9. The van der Waals surface area contributed by atoms with Gasteiger partial charge < -0.3 is 4.90 Å². The van der Waals surface area contributed by atoms with Crippen LogP contribution in [0.4, 0.5) is 11.4 Å². The molecule has 1 heterocycles. The fraction of sp³-hybridized carbons (Fsp3) is 0.458. The van der Waals surface area contributed by atoms with E-state index in [1.165, 1.54) is 12.5 Å². The summed E-state index contributed by atoms with van der Waals surface area (Å²) in [5, 5.41) is 0. The average molecular weight is 477 g/mol. The molecule has 174 valence electrons. The quantitative estimate of drug-likeness (QED) is 0.477. The molecule has 0 saturated carbocycles. The second-order valence-electron chi connectivity index (χ2n) is 8.52. The molecule has 1 aliphatic rings. The van der Waals surface area contributed by atoms with Crippen molar-refractivity contribution in [1.82, 2.24) is 0 Å². The number of benzene rings is 2. The van der Waals surface area contributed by atoms with E-state index in [0.717, 1.165) is 36.9 Å². The minimum Gasteiger partial charge on any atom is -0.308 e. The monoisotopic (exact) mass is 476 g/mol. The first-order valence-corrected chi connectivity index (χ1v) is 15.0. The van der Waals surface area contributed by atoms with E-state index in [-0.39, 0.29) is 11.7 Å². The lowest BCUT2D eigenvalue weighted by molar-refractivity contribution is 0.0990. The standard InChI is InChI=1S/C24H32N2O4S2/c1-4-5-6-7-10-17-32(29,30)20-13-14-23-19(18-20)15-16-26(23)24(27)21-11-8-9-12-22(21)25-31(2,3)28/h8-9,11-14,18H,4-7,10,15-17H2,1-3H3. The van der Waals surface area contributed by atoms with Crippen LogP contribution in [0.15, 0.2) is 51.7 Å². The van der Waals surface area contributed by atoms with E-state index in [1.54, 1.807) is 47.4 Å². The van der Waals surface area contributed by atoms with E-state index >= 15 is 0 Å². The van der Waals surface area contributed by atoms with Gasteiger partial charge in [-0.3, -0.25) is 4.79 Å². The Morgan fingerprint density at radius 1 is 1.00 bits per heavy atom. The highest BCUT2D eigenvalue weighted by molar-refractivity contribution is 7.92. The van der Waals surface area contributed by atoms with Crippen LogP contribution < -0.4 is 4.90 Å². The normalized spacial score (nSPS) is 13.8. The van der Waals surface area contributed by atoms with Gasteiger partial charge in [-0.15, -0.1) is 0 Å². The predicted octanol–water partition coefficient (Wildman–Crippen LogP) is 4.99. The number of nitrogens with zero attached hydrogens (tertiary/aromatic N) is 2. The van der Waals surface area contributed by atoms with E-state index < -0.39 is 19.6 Å². The second-order valence-corrected chi connectivity index (χ2v) is 13.2. The van der Waals surface area contributed by atoms with Gasteiger partial charge in [0, 0.05) is 34.5 Å². The zero-order chi connectivity index (χ0) is 23.4. The van der Waals surface area contributed by atoms with E-state index in [2.05, 4.69) is 11.3 Å². The molecule has 0 fully saturated rings. The first kappa shape index (κ1) is 24.5. The minimum absolute atomic E-state index is 0.153. The van der Waals surface area contributed by atoms with Gasteiger partial charge in [0.05, 0.1) is 21.9 Å². The third kappa shape index (κ3) is 5.98. The summed E-state index contributed by atoms with van der Waals surface area (Å²) >= 11 is 0. The van der Waals surface area contributed by atoms with E-state index in [9.17, 15) is 17.4 Å². The molecule has 6 nitrogen and oxygen atoms in total. The second kappa shape index (κ2) is 10.2. The third-order valence-corrected chi connectivity index (χ3v) is 7.95. The molecule has 0 radical (unpaired) electrons. The van der Waals surface area contributed by atoms with Crippen molar-refractivity contribution in [3.63, 3.8) is 0 Å². The maximum absolute atomic E-state index is 13.3. The smallest absolute Gasteiger partial charge is 0.260 e. The lowest BCUT2D eigenvalue weighted by atomic mass is 10.1. The van der Waals surface area contributed by atoms with Gasteiger partial charge >= 0.3 is 0 Å². The summed E-state index contributed by atoms with van der Waals surface area (Å²) in [6.07, 6.45) is 8.57. The molecule has 2 aromatic carbocycles. The fourth-order valence-corrected chi connectivity index (χ4v) is 5.96. The molecular formula is C24H32N2O4S2. The van der Waals surface area contributed by atoms with Gasteiger partial charge in [0.25, 0.3) is 5.91 Å². The Hall–Kier alpha value is -2.19. The topological polar surface area (TPSA) is 83.9 Å².